The summed E-state index contributed by atoms with van der Waals surface area (Å²) in [7, 11) is 1.46. The number of ether oxygens (including phenoxy) is 1. The van der Waals surface area contributed by atoms with Crippen LogP contribution in [0.25, 0.3) is 0 Å². The molecule has 0 aliphatic rings. The van der Waals surface area contributed by atoms with Crippen molar-refractivity contribution in [3.8, 4) is 5.75 Å². The highest BCUT2D eigenvalue weighted by atomic mass is 35.5. The maximum absolute atomic E-state index is 11.7. The van der Waals surface area contributed by atoms with Crippen molar-refractivity contribution in [2.75, 3.05) is 13.7 Å². The first-order chi connectivity index (χ1) is 8.97. The first-order valence-corrected chi connectivity index (χ1v) is 5.81. The lowest BCUT2D eigenvalue weighted by Crippen LogP contribution is -2.43. The number of hydrogen-bond acceptors (Lipinski definition) is 4. The molecule has 1 atom stereocenters. The minimum absolute atomic E-state index is 0.0898. The Morgan fingerprint density at radius 3 is 2.68 bits per heavy atom. The molecule has 3 N–H and O–H groups in total. The number of hydrogen-bond donors (Lipinski definition) is 3. The van der Waals surface area contributed by atoms with E-state index in [4.69, 9.17) is 26.6 Å². The Morgan fingerprint density at radius 2 is 2.16 bits per heavy atom. The summed E-state index contributed by atoms with van der Waals surface area (Å²) in [6.07, 6.45) is -0.0898. The van der Waals surface area contributed by atoms with Gasteiger partial charge in [0, 0.05) is 10.6 Å². The van der Waals surface area contributed by atoms with Crippen molar-refractivity contribution >= 4 is 23.5 Å². The fraction of sp³-hybridized carbons (Fsp3) is 0.333. The summed E-state index contributed by atoms with van der Waals surface area (Å²) < 4.78 is 5.08. The number of carbonyl (C=O) groups excluding carboxylic acids is 1. The van der Waals surface area contributed by atoms with Gasteiger partial charge in [0.25, 0.3) is 0 Å². The summed E-state index contributed by atoms with van der Waals surface area (Å²) in [5.41, 5.74) is 0.537. The summed E-state index contributed by atoms with van der Waals surface area (Å²) >= 11 is 5.82. The largest absolute Gasteiger partial charge is 0.496 e. The van der Waals surface area contributed by atoms with Gasteiger partial charge in [0.1, 0.15) is 11.8 Å². The average molecular weight is 288 g/mol. The van der Waals surface area contributed by atoms with Crippen LogP contribution in [-0.2, 0) is 16.0 Å². The molecule has 1 aromatic carbocycles. The van der Waals surface area contributed by atoms with Crippen LogP contribution in [0.3, 0.4) is 0 Å². The second-order valence-corrected chi connectivity index (χ2v) is 4.21. The highest BCUT2D eigenvalue weighted by Crippen LogP contribution is 2.22. The number of amides is 1. The van der Waals surface area contributed by atoms with Crippen LogP contribution < -0.4 is 10.1 Å². The second kappa shape index (κ2) is 6.96. The van der Waals surface area contributed by atoms with E-state index in [1.807, 2.05) is 0 Å². The van der Waals surface area contributed by atoms with Crippen molar-refractivity contribution in [3.63, 3.8) is 0 Å². The standard InChI is InChI=1S/C12H14ClNO5/c1-19-10-3-2-8(13)4-7(10)5-11(16)14-9(6-15)12(17)18/h2-4,9,15H,5-6H2,1H3,(H,14,16)(H,17,18). The Hall–Kier alpha value is -1.79. The third-order valence-corrected chi connectivity index (χ3v) is 2.64. The van der Waals surface area contributed by atoms with E-state index in [0.29, 0.717) is 16.3 Å². The summed E-state index contributed by atoms with van der Waals surface area (Å²) in [5, 5.41) is 20.2. The number of aliphatic hydroxyl groups is 1. The van der Waals surface area contributed by atoms with E-state index < -0.39 is 24.5 Å². The van der Waals surface area contributed by atoms with Crippen molar-refractivity contribution < 1.29 is 24.5 Å². The van der Waals surface area contributed by atoms with Crippen LogP contribution in [0.15, 0.2) is 18.2 Å². The van der Waals surface area contributed by atoms with Crippen molar-refractivity contribution in [1.82, 2.24) is 5.32 Å². The van der Waals surface area contributed by atoms with Crippen LogP contribution in [0, 0.1) is 0 Å². The van der Waals surface area contributed by atoms with Crippen LogP contribution in [-0.4, -0.2) is 41.8 Å². The number of halogens is 1. The van der Waals surface area contributed by atoms with Gasteiger partial charge in [-0.15, -0.1) is 0 Å². The van der Waals surface area contributed by atoms with Gasteiger partial charge in [0.05, 0.1) is 20.1 Å². The van der Waals surface area contributed by atoms with Crippen molar-refractivity contribution in [3.05, 3.63) is 28.8 Å². The van der Waals surface area contributed by atoms with Crippen LogP contribution in [0.1, 0.15) is 5.56 Å². The second-order valence-electron chi connectivity index (χ2n) is 3.77. The van der Waals surface area contributed by atoms with Crippen LogP contribution in [0.4, 0.5) is 0 Å². The van der Waals surface area contributed by atoms with Crippen molar-refractivity contribution in [2.24, 2.45) is 0 Å². The summed E-state index contributed by atoms with van der Waals surface area (Å²) in [6.45, 7) is -0.673. The topological polar surface area (TPSA) is 95.9 Å². The van der Waals surface area contributed by atoms with Gasteiger partial charge in [0.2, 0.25) is 5.91 Å². The number of carboxylic acids is 1. The summed E-state index contributed by atoms with van der Waals surface area (Å²) in [4.78, 5) is 22.4. The molecule has 0 fully saturated rings. The molecule has 0 spiro atoms. The Morgan fingerprint density at radius 1 is 1.47 bits per heavy atom. The molecule has 104 valence electrons. The van der Waals surface area contributed by atoms with E-state index in [1.54, 1.807) is 18.2 Å². The zero-order chi connectivity index (χ0) is 14.4. The van der Waals surface area contributed by atoms with E-state index in [9.17, 15) is 9.59 Å². The lowest BCUT2D eigenvalue weighted by Gasteiger charge is -2.13. The van der Waals surface area contributed by atoms with Gasteiger partial charge in [0.15, 0.2) is 0 Å². The Balaban J connectivity index is 2.76. The lowest BCUT2D eigenvalue weighted by molar-refractivity contribution is -0.142. The summed E-state index contributed by atoms with van der Waals surface area (Å²) in [5.74, 6) is -1.36. The lowest BCUT2D eigenvalue weighted by atomic mass is 10.1. The van der Waals surface area contributed by atoms with E-state index in [1.165, 1.54) is 7.11 Å². The van der Waals surface area contributed by atoms with Crippen LogP contribution in [0.2, 0.25) is 5.02 Å². The van der Waals surface area contributed by atoms with Gasteiger partial charge in [-0.3, -0.25) is 4.79 Å². The van der Waals surface area contributed by atoms with E-state index in [0.717, 1.165) is 0 Å². The Kier molecular flexibility index (Phi) is 5.59. The van der Waals surface area contributed by atoms with E-state index >= 15 is 0 Å². The molecule has 0 aliphatic heterocycles. The molecular weight excluding hydrogens is 274 g/mol. The molecule has 0 aromatic heterocycles. The smallest absolute Gasteiger partial charge is 0.328 e. The maximum Gasteiger partial charge on any atom is 0.328 e. The van der Waals surface area contributed by atoms with Gasteiger partial charge in [-0.05, 0) is 18.2 Å². The third-order valence-electron chi connectivity index (χ3n) is 2.41. The van der Waals surface area contributed by atoms with Gasteiger partial charge in [-0.1, -0.05) is 11.6 Å². The number of methoxy groups -OCH3 is 1. The van der Waals surface area contributed by atoms with E-state index in [-0.39, 0.29) is 6.42 Å². The molecule has 7 heteroatoms. The molecular formula is C12H14ClNO5. The molecule has 0 bridgehead atoms. The predicted octanol–water partition coefficient (Wildman–Crippen LogP) is 0.453. The number of rotatable bonds is 6. The Bertz CT molecular complexity index is 477. The highest BCUT2D eigenvalue weighted by Gasteiger charge is 2.19. The van der Waals surface area contributed by atoms with Crippen molar-refractivity contribution in [1.29, 1.82) is 0 Å². The Labute approximate surface area is 114 Å². The zero-order valence-electron chi connectivity index (χ0n) is 10.2. The predicted molar refractivity (Wildman–Crippen MR) is 68.4 cm³/mol. The number of carbonyl (C=O) groups is 2. The molecule has 0 saturated heterocycles. The molecule has 0 radical (unpaired) electrons. The number of carboxylic acid groups (broad SMARTS) is 1. The normalized spacial score (nSPS) is 11.7. The average Bonchev–Trinajstić information content (AvgIpc) is 2.35. The quantitative estimate of drug-likeness (QED) is 0.706. The number of aliphatic hydroxyl groups excluding tert-OH is 1. The molecule has 6 nitrogen and oxygen atoms in total. The molecule has 1 amide bonds. The third kappa shape index (κ3) is 4.42. The molecule has 1 rings (SSSR count). The van der Waals surface area contributed by atoms with Gasteiger partial charge < -0.3 is 20.3 Å². The van der Waals surface area contributed by atoms with Gasteiger partial charge in [-0.2, -0.15) is 0 Å². The van der Waals surface area contributed by atoms with Gasteiger partial charge >= 0.3 is 5.97 Å². The van der Waals surface area contributed by atoms with Crippen molar-refractivity contribution in [2.45, 2.75) is 12.5 Å². The first-order valence-electron chi connectivity index (χ1n) is 5.43. The molecule has 19 heavy (non-hydrogen) atoms. The number of benzene rings is 1. The minimum atomic E-state index is -1.32. The minimum Gasteiger partial charge on any atom is -0.496 e. The molecule has 0 saturated carbocycles. The molecule has 1 aromatic rings. The fourth-order valence-electron chi connectivity index (χ4n) is 1.49. The van der Waals surface area contributed by atoms with Gasteiger partial charge in [-0.25, -0.2) is 4.79 Å². The first kappa shape index (κ1) is 15.3. The number of nitrogens with one attached hydrogen (secondary N) is 1. The monoisotopic (exact) mass is 287 g/mol. The fourth-order valence-corrected chi connectivity index (χ4v) is 1.68. The molecule has 0 aliphatic carbocycles. The van der Waals surface area contributed by atoms with Crippen LogP contribution in [0.5, 0.6) is 5.75 Å². The molecule has 0 heterocycles. The number of aliphatic carboxylic acids is 1. The summed E-state index contributed by atoms with van der Waals surface area (Å²) in [6, 6.07) is 3.48. The zero-order valence-corrected chi connectivity index (χ0v) is 11.0. The SMILES string of the molecule is COc1ccc(Cl)cc1CC(=O)NC(CO)C(=O)O. The maximum atomic E-state index is 11.7. The van der Waals surface area contributed by atoms with E-state index in [2.05, 4.69) is 5.32 Å². The molecule has 1 unspecified atom stereocenters. The van der Waals surface area contributed by atoms with Crippen LogP contribution >= 0.6 is 11.6 Å². The highest BCUT2D eigenvalue weighted by molar-refractivity contribution is 6.30.